The molecule has 4 unspecified atom stereocenters. The lowest BCUT2D eigenvalue weighted by molar-refractivity contribution is -0.143. The molecule has 250 valence electrons. The smallest absolute Gasteiger partial charge is 0.326 e. The minimum absolute atomic E-state index is 0.0193. The van der Waals surface area contributed by atoms with Crippen molar-refractivity contribution in [2.75, 3.05) is 6.54 Å². The second-order valence-corrected chi connectivity index (χ2v) is 11.5. The van der Waals surface area contributed by atoms with E-state index in [2.05, 4.69) is 25.9 Å². The molecule has 3 amide bonds. The predicted molar refractivity (Wildman–Crippen MR) is 175 cm³/mol. The highest BCUT2D eigenvalue weighted by molar-refractivity contribution is 5.95. The Hall–Kier alpha value is -5.21. The number of aromatic nitrogens is 2. The van der Waals surface area contributed by atoms with Crippen LogP contribution >= 0.6 is 0 Å². The molecule has 0 aliphatic rings. The highest BCUT2D eigenvalue weighted by Crippen LogP contribution is 2.21. The van der Waals surface area contributed by atoms with Crippen LogP contribution in [0.15, 0.2) is 60.9 Å². The summed E-state index contributed by atoms with van der Waals surface area (Å²) >= 11 is 0. The first-order valence-electron chi connectivity index (χ1n) is 15.5. The van der Waals surface area contributed by atoms with Crippen LogP contribution in [0.1, 0.15) is 43.2 Å². The summed E-state index contributed by atoms with van der Waals surface area (Å²) in [6, 6.07) is 10.1. The summed E-state index contributed by atoms with van der Waals surface area (Å²) in [5, 5.41) is 28.4. The van der Waals surface area contributed by atoms with Gasteiger partial charge in [-0.25, -0.2) is 4.79 Å². The van der Waals surface area contributed by atoms with E-state index in [0.717, 1.165) is 27.4 Å². The van der Waals surface area contributed by atoms with Gasteiger partial charge in [-0.1, -0.05) is 36.4 Å². The number of nitrogens with two attached hydrogens (primary N) is 2. The number of benzene rings is 2. The second-order valence-electron chi connectivity index (χ2n) is 11.5. The maximum absolute atomic E-state index is 13.8. The fourth-order valence-electron chi connectivity index (χ4n) is 5.47. The minimum atomic E-state index is -1.39. The molecule has 4 aromatic rings. The number of hydrogen-bond donors (Lipinski definition) is 9. The molecule has 0 spiro atoms. The van der Waals surface area contributed by atoms with E-state index < -0.39 is 60.2 Å². The zero-order chi connectivity index (χ0) is 33.9. The Morgan fingerprint density at radius 2 is 1.21 bits per heavy atom. The molecule has 4 rings (SSSR count). The summed E-state index contributed by atoms with van der Waals surface area (Å²) in [4.78, 5) is 70.0. The third-order valence-electron chi connectivity index (χ3n) is 8.02. The molecule has 0 bridgehead atoms. The largest absolute Gasteiger partial charge is 0.481 e. The van der Waals surface area contributed by atoms with Gasteiger partial charge in [0.2, 0.25) is 17.7 Å². The van der Waals surface area contributed by atoms with Gasteiger partial charge in [0.1, 0.15) is 18.1 Å². The number of carbonyl (C=O) groups excluding carboxylic acids is 3. The summed E-state index contributed by atoms with van der Waals surface area (Å²) in [5.41, 5.74) is 15.1. The zero-order valence-electron chi connectivity index (χ0n) is 25.8. The Morgan fingerprint density at radius 1 is 0.681 bits per heavy atom. The summed E-state index contributed by atoms with van der Waals surface area (Å²) < 4.78 is 0. The topological polar surface area (TPSA) is 246 Å². The number of carboxylic acids is 2. The number of carbonyl (C=O) groups is 5. The Morgan fingerprint density at radius 3 is 1.79 bits per heavy atom. The van der Waals surface area contributed by atoms with Crippen LogP contribution in [-0.4, -0.2) is 80.6 Å². The minimum Gasteiger partial charge on any atom is -0.481 e. The monoisotopic (exact) mass is 647 g/mol. The molecule has 47 heavy (non-hydrogen) atoms. The van der Waals surface area contributed by atoms with Crippen molar-refractivity contribution in [2.45, 2.75) is 69.1 Å². The van der Waals surface area contributed by atoms with Gasteiger partial charge in [-0.15, -0.1) is 0 Å². The summed E-state index contributed by atoms with van der Waals surface area (Å²) in [5.74, 6) is -4.70. The number of para-hydroxylation sites is 2. The number of unbranched alkanes of at least 4 members (excludes halogenated alkanes) is 1. The SMILES string of the molecule is NCCCCC(NC(=O)C(CCC(=O)O)NC(=O)C(Cc1c[nH]c2ccccc12)NC(=O)C(N)Cc1c[nH]c2ccccc12)C(=O)O. The number of nitrogens with one attached hydrogen (secondary N) is 5. The number of amides is 3. The molecule has 11 N–H and O–H groups in total. The summed E-state index contributed by atoms with van der Waals surface area (Å²) in [7, 11) is 0. The number of rotatable bonds is 18. The molecule has 14 heteroatoms. The number of aliphatic carboxylic acids is 2. The molecular formula is C33H41N7O7. The predicted octanol–water partition coefficient (Wildman–Crippen LogP) is 1.29. The summed E-state index contributed by atoms with van der Waals surface area (Å²) in [6.07, 6.45) is 4.01. The van der Waals surface area contributed by atoms with Gasteiger partial charge in [0.15, 0.2) is 0 Å². The van der Waals surface area contributed by atoms with Crippen LogP contribution in [0.2, 0.25) is 0 Å². The fraction of sp³-hybridized carbons (Fsp3) is 0.364. The van der Waals surface area contributed by atoms with Crippen molar-refractivity contribution in [1.82, 2.24) is 25.9 Å². The molecule has 0 saturated heterocycles. The van der Waals surface area contributed by atoms with E-state index in [9.17, 15) is 34.2 Å². The lowest BCUT2D eigenvalue weighted by Crippen LogP contribution is -2.57. The lowest BCUT2D eigenvalue weighted by Gasteiger charge is -2.25. The fourth-order valence-corrected chi connectivity index (χ4v) is 5.47. The molecule has 0 fully saturated rings. The van der Waals surface area contributed by atoms with Gasteiger partial charge in [0, 0.05) is 47.0 Å². The van der Waals surface area contributed by atoms with Crippen LogP contribution < -0.4 is 27.4 Å². The quantitative estimate of drug-likeness (QED) is 0.0705. The van der Waals surface area contributed by atoms with Crippen molar-refractivity contribution >= 4 is 51.5 Å². The third kappa shape index (κ3) is 9.40. The highest BCUT2D eigenvalue weighted by atomic mass is 16.4. The van der Waals surface area contributed by atoms with E-state index in [-0.39, 0.29) is 25.7 Å². The Balaban J connectivity index is 1.54. The average molecular weight is 648 g/mol. The molecule has 0 aliphatic heterocycles. The van der Waals surface area contributed by atoms with E-state index in [1.165, 1.54) is 0 Å². The molecule has 14 nitrogen and oxygen atoms in total. The molecule has 2 aromatic carbocycles. The van der Waals surface area contributed by atoms with Crippen LogP contribution in [0, 0.1) is 0 Å². The first-order valence-corrected chi connectivity index (χ1v) is 15.5. The molecular weight excluding hydrogens is 606 g/mol. The molecule has 0 radical (unpaired) electrons. The Labute approximate surface area is 270 Å². The van der Waals surface area contributed by atoms with Crippen molar-refractivity contribution in [3.63, 3.8) is 0 Å². The molecule has 0 saturated carbocycles. The van der Waals surface area contributed by atoms with Gasteiger partial charge in [0.05, 0.1) is 6.04 Å². The van der Waals surface area contributed by atoms with Crippen molar-refractivity contribution in [2.24, 2.45) is 11.5 Å². The van der Waals surface area contributed by atoms with Gasteiger partial charge in [0.25, 0.3) is 0 Å². The van der Waals surface area contributed by atoms with Crippen molar-refractivity contribution in [1.29, 1.82) is 0 Å². The van der Waals surface area contributed by atoms with Crippen LogP contribution in [0.25, 0.3) is 21.8 Å². The van der Waals surface area contributed by atoms with Gasteiger partial charge >= 0.3 is 11.9 Å². The van der Waals surface area contributed by atoms with Gasteiger partial charge in [-0.05, 0) is 61.9 Å². The Kier molecular flexibility index (Phi) is 12.1. The number of aromatic amines is 2. The van der Waals surface area contributed by atoms with Crippen LogP contribution in [0.3, 0.4) is 0 Å². The highest BCUT2D eigenvalue weighted by Gasteiger charge is 2.31. The van der Waals surface area contributed by atoms with E-state index in [4.69, 9.17) is 11.5 Å². The van der Waals surface area contributed by atoms with E-state index in [1.807, 2.05) is 48.5 Å². The zero-order valence-corrected chi connectivity index (χ0v) is 25.8. The van der Waals surface area contributed by atoms with Gasteiger partial charge < -0.3 is 47.6 Å². The molecule has 4 atom stereocenters. The number of hydrogen-bond acceptors (Lipinski definition) is 7. The van der Waals surface area contributed by atoms with Crippen LogP contribution in [0.4, 0.5) is 0 Å². The standard InChI is InChI=1S/C33H41N7O7/c34-14-6-5-11-27(33(46)47)39-31(44)26(12-13-29(41)42)38-32(45)28(16-20-18-37-25-10-4-2-8-22(20)25)40-30(43)23(35)15-19-17-36-24-9-3-1-7-21(19)24/h1-4,7-10,17-18,23,26-28,36-37H,5-6,11-16,34-35H2,(H,38,45)(H,39,44)(H,40,43)(H,41,42)(H,46,47). The molecule has 0 aliphatic carbocycles. The average Bonchev–Trinajstić information content (AvgIpc) is 3.65. The maximum Gasteiger partial charge on any atom is 0.326 e. The first-order chi connectivity index (χ1) is 22.6. The number of carboxylic acid groups (broad SMARTS) is 2. The molecule has 2 aromatic heterocycles. The van der Waals surface area contributed by atoms with E-state index in [0.29, 0.717) is 24.9 Å². The van der Waals surface area contributed by atoms with Gasteiger partial charge in [-0.2, -0.15) is 0 Å². The van der Waals surface area contributed by atoms with Crippen molar-refractivity contribution in [3.05, 3.63) is 72.1 Å². The van der Waals surface area contributed by atoms with Crippen LogP contribution in [-0.2, 0) is 36.8 Å². The Bertz CT molecular complexity index is 1720. The van der Waals surface area contributed by atoms with E-state index >= 15 is 0 Å². The first kappa shape index (κ1) is 34.7. The number of H-pyrrole nitrogens is 2. The second kappa shape index (κ2) is 16.4. The van der Waals surface area contributed by atoms with Crippen molar-refractivity contribution < 1.29 is 34.2 Å². The van der Waals surface area contributed by atoms with E-state index in [1.54, 1.807) is 12.4 Å². The normalized spacial score (nSPS) is 13.8. The number of fused-ring (bicyclic) bond motifs is 2. The summed E-state index contributed by atoms with van der Waals surface area (Å²) in [6.45, 7) is 0.354. The van der Waals surface area contributed by atoms with Crippen LogP contribution in [0.5, 0.6) is 0 Å². The molecule has 2 heterocycles. The third-order valence-corrected chi connectivity index (χ3v) is 8.02. The van der Waals surface area contributed by atoms with Gasteiger partial charge in [-0.3, -0.25) is 19.2 Å². The van der Waals surface area contributed by atoms with Crippen molar-refractivity contribution in [3.8, 4) is 0 Å². The lowest BCUT2D eigenvalue weighted by atomic mass is 10.0. The maximum atomic E-state index is 13.8.